The van der Waals surface area contributed by atoms with Gasteiger partial charge < -0.3 is 9.80 Å². The molecule has 0 bridgehead atoms. The summed E-state index contributed by atoms with van der Waals surface area (Å²) >= 11 is 7.41. The maximum Gasteiger partial charge on any atom is 0.332 e. The van der Waals surface area contributed by atoms with Crippen molar-refractivity contribution in [3.8, 4) is 0 Å². The van der Waals surface area contributed by atoms with Crippen LogP contribution in [0.1, 0.15) is 0 Å². The maximum atomic E-state index is 13.3. The average molecular weight is 428 g/mol. The van der Waals surface area contributed by atoms with Crippen LogP contribution >= 0.6 is 23.4 Å². The molecule has 0 saturated carbocycles. The van der Waals surface area contributed by atoms with E-state index >= 15 is 0 Å². The normalized spacial score (nSPS) is 20.8. The van der Waals surface area contributed by atoms with Crippen molar-refractivity contribution in [2.75, 3.05) is 23.4 Å². The fourth-order valence-electron chi connectivity index (χ4n) is 3.41. The van der Waals surface area contributed by atoms with Crippen LogP contribution < -0.4 is 9.80 Å². The van der Waals surface area contributed by atoms with Crippen LogP contribution in [0.2, 0.25) is 5.02 Å². The van der Waals surface area contributed by atoms with Gasteiger partial charge in [0, 0.05) is 17.8 Å². The van der Waals surface area contributed by atoms with Crippen molar-refractivity contribution in [3.05, 3.63) is 71.1 Å². The third-order valence-electron chi connectivity index (χ3n) is 4.96. The summed E-state index contributed by atoms with van der Waals surface area (Å²) in [6.45, 7) is -0.138. The Labute approximate surface area is 177 Å². The third-order valence-corrected chi connectivity index (χ3v) is 6.28. The van der Waals surface area contributed by atoms with Crippen LogP contribution in [-0.4, -0.2) is 47.6 Å². The monoisotopic (exact) mass is 427 g/mol. The summed E-state index contributed by atoms with van der Waals surface area (Å²) in [6, 6.07) is 14.8. The number of carbonyl (C=O) groups is 3. The average Bonchev–Trinajstić information content (AvgIpc) is 3.21. The molecular weight excluding hydrogens is 410 g/mol. The van der Waals surface area contributed by atoms with Gasteiger partial charge in [-0.25, -0.2) is 9.69 Å². The molecule has 0 spiro atoms. The van der Waals surface area contributed by atoms with Crippen LogP contribution in [0.5, 0.6) is 0 Å². The SMILES string of the molecule is CN(C(=O)CN1C(=O)N(c2cccc(Cl)c2)C(=O)C2SC=CC21)c1ccccc1. The molecule has 0 aliphatic carbocycles. The molecule has 1 fully saturated rings. The molecule has 2 heterocycles. The predicted octanol–water partition coefficient (Wildman–Crippen LogP) is 3.77. The van der Waals surface area contributed by atoms with Gasteiger partial charge in [0.15, 0.2) is 0 Å². The maximum absolute atomic E-state index is 13.3. The third kappa shape index (κ3) is 3.63. The number of urea groups is 1. The van der Waals surface area contributed by atoms with Crippen molar-refractivity contribution in [1.82, 2.24) is 4.90 Å². The lowest BCUT2D eigenvalue weighted by Crippen LogP contribution is -2.63. The summed E-state index contributed by atoms with van der Waals surface area (Å²) in [4.78, 5) is 43.2. The van der Waals surface area contributed by atoms with Crippen LogP contribution in [0.25, 0.3) is 0 Å². The van der Waals surface area contributed by atoms with Crippen LogP contribution in [0, 0.1) is 0 Å². The molecule has 2 aromatic carbocycles. The van der Waals surface area contributed by atoms with Gasteiger partial charge in [-0.15, -0.1) is 11.8 Å². The first-order valence-electron chi connectivity index (χ1n) is 9.01. The molecule has 4 rings (SSSR count). The number of para-hydroxylation sites is 1. The number of likely N-dealkylation sites (N-methyl/N-ethyl adjacent to an activating group) is 1. The van der Waals surface area contributed by atoms with E-state index in [0.29, 0.717) is 10.7 Å². The Morgan fingerprint density at radius 2 is 1.90 bits per heavy atom. The number of anilines is 2. The zero-order chi connectivity index (χ0) is 20.5. The first kappa shape index (κ1) is 19.5. The Balaban J connectivity index is 1.63. The standard InChI is InChI=1S/C21H18ClN3O3S/c1-23(15-7-3-2-4-8-15)18(26)13-24-17-10-11-29-19(17)20(27)25(21(24)28)16-9-5-6-14(22)12-16/h2-12,17,19H,13H2,1H3. The predicted molar refractivity (Wildman–Crippen MR) is 115 cm³/mol. The van der Waals surface area contributed by atoms with E-state index in [9.17, 15) is 14.4 Å². The highest BCUT2D eigenvalue weighted by atomic mass is 35.5. The number of rotatable bonds is 4. The second-order valence-electron chi connectivity index (χ2n) is 6.73. The fourth-order valence-corrected chi connectivity index (χ4v) is 4.64. The van der Waals surface area contributed by atoms with Crippen molar-refractivity contribution >= 4 is 52.6 Å². The van der Waals surface area contributed by atoms with E-state index in [2.05, 4.69) is 0 Å². The summed E-state index contributed by atoms with van der Waals surface area (Å²) in [5.74, 6) is -0.550. The van der Waals surface area contributed by atoms with Crippen molar-refractivity contribution in [1.29, 1.82) is 0 Å². The first-order valence-corrected chi connectivity index (χ1v) is 10.3. The van der Waals surface area contributed by atoms with Gasteiger partial charge >= 0.3 is 6.03 Å². The largest absolute Gasteiger partial charge is 0.332 e. The van der Waals surface area contributed by atoms with Gasteiger partial charge in [0.2, 0.25) is 5.91 Å². The molecule has 0 N–H and O–H groups in total. The zero-order valence-electron chi connectivity index (χ0n) is 15.6. The molecule has 8 heteroatoms. The molecule has 0 aromatic heterocycles. The van der Waals surface area contributed by atoms with Crippen LogP contribution in [0.15, 0.2) is 66.1 Å². The molecule has 2 aliphatic heterocycles. The van der Waals surface area contributed by atoms with Crippen molar-refractivity contribution in [2.24, 2.45) is 0 Å². The lowest BCUT2D eigenvalue weighted by atomic mass is 10.1. The molecule has 4 amide bonds. The summed E-state index contributed by atoms with van der Waals surface area (Å²) in [5.41, 5.74) is 1.13. The number of imide groups is 1. The number of thioether (sulfide) groups is 1. The topological polar surface area (TPSA) is 60.9 Å². The fraction of sp³-hybridized carbons (Fsp3) is 0.190. The molecule has 2 unspecified atom stereocenters. The summed E-state index contributed by atoms with van der Waals surface area (Å²) in [6.07, 6.45) is 1.80. The van der Waals surface area contributed by atoms with Gasteiger partial charge in [-0.05, 0) is 35.7 Å². The molecule has 1 saturated heterocycles. The Bertz CT molecular complexity index is 998. The van der Waals surface area contributed by atoms with E-state index < -0.39 is 17.3 Å². The van der Waals surface area contributed by atoms with Gasteiger partial charge in [0.1, 0.15) is 11.8 Å². The second kappa shape index (κ2) is 7.93. The van der Waals surface area contributed by atoms with Crippen molar-refractivity contribution < 1.29 is 14.4 Å². The molecule has 2 aliphatic rings. The smallest absolute Gasteiger partial charge is 0.314 e. The van der Waals surface area contributed by atoms with Gasteiger partial charge in [-0.2, -0.15) is 0 Å². The van der Waals surface area contributed by atoms with E-state index in [-0.39, 0.29) is 18.4 Å². The summed E-state index contributed by atoms with van der Waals surface area (Å²) < 4.78 is 0. The number of fused-ring (bicyclic) bond motifs is 1. The summed E-state index contributed by atoms with van der Waals surface area (Å²) in [5, 5.41) is 1.75. The zero-order valence-corrected chi connectivity index (χ0v) is 17.1. The number of benzene rings is 2. The van der Waals surface area contributed by atoms with Gasteiger partial charge in [0.25, 0.3) is 5.91 Å². The Morgan fingerprint density at radius 3 is 2.62 bits per heavy atom. The van der Waals surface area contributed by atoms with Crippen molar-refractivity contribution in [2.45, 2.75) is 11.3 Å². The highest BCUT2D eigenvalue weighted by Gasteiger charge is 2.48. The van der Waals surface area contributed by atoms with Crippen molar-refractivity contribution in [3.63, 3.8) is 0 Å². The molecule has 6 nitrogen and oxygen atoms in total. The molecule has 2 aromatic rings. The molecule has 29 heavy (non-hydrogen) atoms. The Hall–Kier alpha value is -2.77. The van der Waals surface area contributed by atoms with E-state index in [4.69, 9.17) is 11.6 Å². The van der Waals surface area contributed by atoms with Gasteiger partial charge in [-0.1, -0.05) is 41.9 Å². The quantitative estimate of drug-likeness (QED) is 0.745. The lowest BCUT2D eigenvalue weighted by Gasteiger charge is -2.41. The van der Waals surface area contributed by atoms with E-state index in [1.54, 1.807) is 42.8 Å². The van der Waals surface area contributed by atoms with Crippen LogP contribution in [0.4, 0.5) is 16.2 Å². The number of nitrogens with zero attached hydrogens (tertiary/aromatic N) is 3. The Morgan fingerprint density at radius 1 is 1.14 bits per heavy atom. The van der Waals surface area contributed by atoms with Gasteiger partial charge in [-0.3, -0.25) is 9.59 Å². The number of amides is 4. The highest BCUT2D eigenvalue weighted by molar-refractivity contribution is 8.03. The van der Waals surface area contributed by atoms with Crippen LogP contribution in [-0.2, 0) is 9.59 Å². The molecular formula is C21H18ClN3O3S. The number of hydrogen-bond acceptors (Lipinski definition) is 4. The second-order valence-corrected chi connectivity index (χ2v) is 8.22. The number of halogens is 1. The van der Waals surface area contributed by atoms with E-state index in [1.165, 1.54) is 21.6 Å². The molecule has 148 valence electrons. The molecule has 0 radical (unpaired) electrons. The highest BCUT2D eigenvalue weighted by Crippen LogP contribution is 2.36. The van der Waals surface area contributed by atoms with E-state index in [0.717, 1.165) is 10.6 Å². The molecule has 2 atom stereocenters. The van der Waals surface area contributed by atoms with Gasteiger partial charge in [0.05, 0.1) is 11.7 Å². The Kier molecular flexibility index (Phi) is 5.34. The van der Waals surface area contributed by atoms with E-state index in [1.807, 2.05) is 30.3 Å². The number of hydrogen-bond donors (Lipinski definition) is 0. The minimum atomic E-state index is -0.527. The number of carbonyl (C=O) groups excluding carboxylic acids is 3. The minimum absolute atomic E-state index is 0.138. The van der Waals surface area contributed by atoms with Crippen LogP contribution in [0.3, 0.4) is 0 Å². The summed E-state index contributed by atoms with van der Waals surface area (Å²) in [7, 11) is 1.67. The minimum Gasteiger partial charge on any atom is -0.314 e. The lowest BCUT2D eigenvalue weighted by molar-refractivity contribution is -0.122. The first-order chi connectivity index (χ1) is 14.0.